The number of carbonyl (C=O) groups excluding carboxylic acids is 1. The van der Waals surface area contributed by atoms with Gasteiger partial charge in [-0.3, -0.25) is 14.8 Å². The SMILES string of the molecule is CCCOc1ccccc1C(=O)N1C[C@@H](Cc2cnccn2)[C@H](O)C1. The van der Waals surface area contributed by atoms with E-state index in [0.29, 0.717) is 37.4 Å². The Morgan fingerprint density at radius 3 is 2.92 bits per heavy atom. The van der Waals surface area contributed by atoms with E-state index >= 15 is 0 Å². The Balaban J connectivity index is 1.69. The van der Waals surface area contributed by atoms with E-state index in [0.717, 1.165) is 12.1 Å². The van der Waals surface area contributed by atoms with Gasteiger partial charge in [-0.2, -0.15) is 0 Å². The molecule has 6 nitrogen and oxygen atoms in total. The highest BCUT2D eigenvalue weighted by atomic mass is 16.5. The van der Waals surface area contributed by atoms with E-state index in [4.69, 9.17) is 4.74 Å². The number of likely N-dealkylation sites (tertiary alicyclic amines) is 1. The van der Waals surface area contributed by atoms with Crippen molar-refractivity contribution in [2.24, 2.45) is 5.92 Å². The number of hydrogen-bond donors (Lipinski definition) is 1. The van der Waals surface area contributed by atoms with Crippen LogP contribution < -0.4 is 4.74 Å². The number of aromatic nitrogens is 2. The maximum Gasteiger partial charge on any atom is 0.257 e. The molecule has 0 spiro atoms. The fourth-order valence-corrected chi connectivity index (χ4v) is 3.08. The molecule has 2 heterocycles. The summed E-state index contributed by atoms with van der Waals surface area (Å²) in [5.74, 6) is 0.456. The highest BCUT2D eigenvalue weighted by Gasteiger charge is 2.35. The highest BCUT2D eigenvalue weighted by Crippen LogP contribution is 2.26. The second-order valence-electron chi connectivity index (χ2n) is 6.28. The smallest absolute Gasteiger partial charge is 0.257 e. The minimum Gasteiger partial charge on any atom is -0.493 e. The third kappa shape index (κ3) is 4.14. The van der Waals surface area contributed by atoms with Crippen molar-refractivity contribution in [2.45, 2.75) is 25.9 Å². The summed E-state index contributed by atoms with van der Waals surface area (Å²) in [7, 11) is 0. The van der Waals surface area contributed by atoms with Crippen LogP contribution in [-0.2, 0) is 6.42 Å². The van der Waals surface area contributed by atoms with E-state index in [1.807, 2.05) is 25.1 Å². The first kappa shape index (κ1) is 17.4. The number of rotatable bonds is 6. The van der Waals surface area contributed by atoms with Gasteiger partial charge in [0, 0.05) is 37.6 Å². The Hall–Kier alpha value is -2.47. The van der Waals surface area contributed by atoms with Crippen molar-refractivity contribution in [1.82, 2.24) is 14.9 Å². The number of nitrogens with zero attached hydrogens (tertiary/aromatic N) is 3. The zero-order chi connectivity index (χ0) is 17.6. The zero-order valence-corrected chi connectivity index (χ0v) is 14.3. The molecule has 6 heteroatoms. The molecule has 0 unspecified atom stereocenters. The monoisotopic (exact) mass is 341 g/mol. The normalized spacial score (nSPS) is 19.8. The van der Waals surface area contributed by atoms with Crippen LogP contribution in [0.1, 0.15) is 29.4 Å². The number of aliphatic hydroxyl groups excluding tert-OH is 1. The van der Waals surface area contributed by atoms with Gasteiger partial charge in [0.05, 0.1) is 24.0 Å². The molecule has 1 aromatic heterocycles. The van der Waals surface area contributed by atoms with Crippen LogP contribution in [0, 0.1) is 5.92 Å². The first-order valence-electron chi connectivity index (χ1n) is 8.63. The molecule has 1 aliphatic heterocycles. The largest absolute Gasteiger partial charge is 0.493 e. The van der Waals surface area contributed by atoms with Crippen LogP contribution in [-0.4, -0.2) is 51.7 Å². The van der Waals surface area contributed by atoms with E-state index in [2.05, 4.69) is 9.97 Å². The molecular formula is C19H23N3O3. The summed E-state index contributed by atoms with van der Waals surface area (Å²) in [5, 5.41) is 10.4. The molecule has 0 radical (unpaired) electrons. The van der Waals surface area contributed by atoms with Gasteiger partial charge >= 0.3 is 0 Å². The van der Waals surface area contributed by atoms with Crippen molar-refractivity contribution in [3.05, 3.63) is 54.1 Å². The average Bonchev–Trinajstić information content (AvgIpc) is 3.01. The molecule has 132 valence electrons. The minimum absolute atomic E-state index is 0.0376. The molecule has 2 atom stereocenters. The van der Waals surface area contributed by atoms with Gasteiger partial charge in [-0.15, -0.1) is 0 Å². The number of carbonyl (C=O) groups is 1. The molecule has 1 fully saturated rings. The Labute approximate surface area is 147 Å². The van der Waals surface area contributed by atoms with Crippen molar-refractivity contribution < 1.29 is 14.6 Å². The topological polar surface area (TPSA) is 75.5 Å². The molecule has 0 bridgehead atoms. The average molecular weight is 341 g/mol. The molecule has 1 aliphatic rings. The summed E-state index contributed by atoms with van der Waals surface area (Å²) in [4.78, 5) is 22.9. The Bertz CT molecular complexity index is 708. The number of para-hydroxylation sites is 1. The maximum absolute atomic E-state index is 12.9. The number of ether oxygens (including phenoxy) is 1. The lowest BCUT2D eigenvalue weighted by atomic mass is 10.0. The molecule has 0 aliphatic carbocycles. The standard InChI is InChI=1S/C19H23N3O3/c1-2-9-25-18-6-4-3-5-16(18)19(24)22-12-14(17(23)13-22)10-15-11-20-7-8-21-15/h3-8,11,14,17,23H,2,9-10,12-13H2,1H3/t14-,17-/m1/s1. The lowest BCUT2D eigenvalue weighted by Crippen LogP contribution is -2.30. The van der Waals surface area contributed by atoms with Gasteiger partial charge in [0.1, 0.15) is 5.75 Å². The molecule has 2 aromatic rings. The van der Waals surface area contributed by atoms with E-state index in [9.17, 15) is 9.90 Å². The molecule has 1 aromatic carbocycles. The fourth-order valence-electron chi connectivity index (χ4n) is 3.08. The molecular weight excluding hydrogens is 318 g/mol. The van der Waals surface area contributed by atoms with Gasteiger partial charge in [-0.25, -0.2) is 0 Å². The molecule has 0 saturated carbocycles. The van der Waals surface area contributed by atoms with Crippen LogP contribution in [0.5, 0.6) is 5.75 Å². The van der Waals surface area contributed by atoms with Crippen LogP contribution >= 0.6 is 0 Å². The van der Waals surface area contributed by atoms with Gasteiger partial charge in [0.2, 0.25) is 0 Å². The molecule has 1 amide bonds. The minimum atomic E-state index is -0.560. The Morgan fingerprint density at radius 1 is 1.32 bits per heavy atom. The molecule has 1 saturated heterocycles. The predicted octanol–water partition coefficient (Wildman–Crippen LogP) is 1.94. The Morgan fingerprint density at radius 2 is 2.16 bits per heavy atom. The van der Waals surface area contributed by atoms with Crippen LogP contribution in [0.25, 0.3) is 0 Å². The maximum atomic E-state index is 12.9. The van der Waals surface area contributed by atoms with E-state index in [1.54, 1.807) is 29.6 Å². The van der Waals surface area contributed by atoms with Crippen molar-refractivity contribution in [1.29, 1.82) is 0 Å². The summed E-state index contributed by atoms with van der Waals surface area (Å²) in [6.07, 6.45) is 5.89. The number of aliphatic hydroxyl groups is 1. The van der Waals surface area contributed by atoms with Crippen molar-refractivity contribution in [3.8, 4) is 5.75 Å². The highest BCUT2D eigenvalue weighted by molar-refractivity contribution is 5.97. The van der Waals surface area contributed by atoms with Crippen LogP contribution in [0.4, 0.5) is 0 Å². The summed E-state index contributed by atoms with van der Waals surface area (Å²) < 4.78 is 5.69. The molecule has 25 heavy (non-hydrogen) atoms. The second-order valence-corrected chi connectivity index (χ2v) is 6.28. The number of hydrogen-bond acceptors (Lipinski definition) is 5. The van der Waals surface area contributed by atoms with E-state index < -0.39 is 6.10 Å². The van der Waals surface area contributed by atoms with Gasteiger partial charge in [0.25, 0.3) is 5.91 Å². The summed E-state index contributed by atoms with van der Waals surface area (Å²) >= 11 is 0. The number of amides is 1. The van der Waals surface area contributed by atoms with E-state index in [-0.39, 0.29) is 11.8 Å². The molecule has 3 rings (SSSR count). The molecule has 1 N–H and O–H groups in total. The quantitative estimate of drug-likeness (QED) is 0.869. The third-order valence-corrected chi connectivity index (χ3v) is 4.36. The third-order valence-electron chi connectivity index (χ3n) is 4.36. The van der Waals surface area contributed by atoms with Gasteiger partial charge in [-0.05, 0) is 25.0 Å². The van der Waals surface area contributed by atoms with Gasteiger partial charge in [0.15, 0.2) is 0 Å². The van der Waals surface area contributed by atoms with Gasteiger partial charge in [-0.1, -0.05) is 19.1 Å². The summed E-state index contributed by atoms with van der Waals surface area (Å²) in [5.41, 5.74) is 1.37. The van der Waals surface area contributed by atoms with Crippen LogP contribution in [0.3, 0.4) is 0 Å². The number of benzene rings is 1. The van der Waals surface area contributed by atoms with Crippen molar-refractivity contribution in [2.75, 3.05) is 19.7 Å². The fraction of sp³-hybridized carbons (Fsp3) is 0.421. The summed E-state index contributed by atoms with van der Waals surface area (Å²) in [6, 6.07) is 7.27. The van der Waals surface area contributed by atoms with Crippen molar-refractivity contribution >= 4 is 5.91 Å². The zero-order valence-electron chi connectivity index (χ0n) is 14.3. The lowest BCUT2D eigenvalue weighted by Gasteiger charge is -2.18. The van der Waals surface area contributed by atoms with Gasteiger partial charge < -0.3 is 14.7 Å². The Kier molecular flexibility index (Phi) is 5.60. The van der Waals surface area contributed by atoms with Crippen LogP contribution in [0.15, 0.2) is 42.9 Å². The lowest BCUT2D eigenvalue weighted by molar-refractivity contribution is 0.0760. The van der Waals surface area contributed by atoms with Crippen LogP contribution in [0.2, 0.25) is 0 Å². The van der Waals surface area contributed by atoms with Crippen molar-refractivity contribution in [3.63, 3.8) is 0 Å². The predicted molar refractivity (Wildman–Crippen MR) is 93.4 cm³/mol. The first-order chi connectivity index (χ1) is 12.2. The summed E-state index contributed by atoms with van der Waals surface area (Å²) in [6.45, 7) is 3.42. The second kappa shape index (κ2) is 8.07. The number of β-amino-alcohol motifs (C(OH)–C–C–N with tert-alkyl or cyclic N) is 1. The first-order valence-corrected chi connectivity index (χ1v) is 8.63. The van der Waals surface area contributed by atoms with E-state index in [1.165, 1.54) is 0 Å².